The van der Waals surface area contributed by atoms with Crippen LogP contribution < -0.4 is 0 Å². The van der Waals surface area contributed by atoms with E-state index in [1.807, 2.05) is 6.07 Å². The van der Waals surface area contributed by atoms with E-state index in [2.05, 4.69) is 258 Å². The molecular weight excluding hydrogens is 873 g/mol. The van der Waals surface area contributed by atoms with E-state index in [0.29, 0.717) is 0 Å². The van der Waals surface area contributed by atoms with Crippen molar-refractivity contribution < 1.29 is 0 Å². The number of hydrogen-bond donors (Lipinski definition) is 0. The Kier molecular flexibility index (Phi) is 8.92. The van der Waals surface area contributed by atoms with Gasteiger partial charge in [0.25, 0.3) is 0 Å². The molecule has 0 fully saturated rings. The van der Waals surface area contributed by atoms with Crippen molar-refractivity contribution in [3.05, 3.63) is 255 Å². The molecule has 15 rings (SSSR count). The molecule has 0 saturated carbocycles. The highest BCUT2D eigenvalue weighted by Gasteiger charge is 2.28. The average Bonchev–Trinajstić information content (AvgIpc) is 4.09. The summed E-state index contributed by atoms with van der Waals surface area (Å²) in [5.41, 5.74) is 21.3. The van der Waals surface area contributed by atoms with Crippen LogP contribution in [0.4, 0.5) is 0 Å². The van der Waals surface area contributed by atoms with Gasteiger partial charge >= 0.3 is 0 Å². The minimum Gasteiger partial charge on any atom is -0.309 e. The molecule has 1 aliphatic rings. The topological polar surface area (TPSA) is 35.6 Å². The number of para-hydroxylation sites is 1. The number of fused-ring (bicyclic) bond motifs is 9. The molecule has 0 saturated heterocycles. The van der Waals surface area contributed by atoms with Crippen LogP contribution in [0.3, 0.4) is 0 Å². The van der Waals surface area contributed by atoms with Gasteiger partial charge in [-0.2, -0.15) is 0 Å². The lowest BCUT2D eigenvalue weighted by Gasteiger charge is -2.14. The Balaban J connectivity index is 0.929. The summed E-state index contributed by atoms with van der Waals surface area (Å²) in [6.45, 7) is 0. The van der Waals surface area contributed by atoms with Crippen LogP contribution in [0, 0.1) is 0 Å². The normalized spacial score (nSPS) is 11.9. The molecular formula is C68H42N4. The zero-order chi connectivity index (χ0) is 47.3. The maximum Gasteiger partial charge on any atom is 0.160 e. The van der Waals surface area contributed by atoms with E-state index >= 15 is 0 Å². The monoisotopic (exact) mass is 914 g/mol. The van der Waals surface area contributed by atoms with Gasteiger partial charge in [0.05, 0.1) is 33.5 Å². The molecule has 334 valence electrons. The van der Waals surface area contributed by atoms with Gasteiger partial charge in [0.2, 0.25) is 0 Å². The molecule has 0 radical (unpaired) electrons. The Morgan fingerprint density at radius 2 is 0.667 bits per heavy atom. The zero-order valence-electron chi connectivity index (χ0n) is 39.0. The fourth-order valence-corrected chi connectivity index (χ4v) is 11.5. The van der Waals surface area contributed by atoms with Gasteiger partial charge < -0.3 is 9.13 Å². The van der Waals surface area contributed by atoms with Gasteiger partial charge in [0.1, 0.15) is 0 Å². The predicted molar refractivity (Wildman–Crippen MR) is 300 cm³/mol. The molecule has 0 unspecified atom stereocenters. The summed E-state index contributed by atoms with van der Waals surface area (Å²) in [4.78, 5) is 10.8. The summed E-state index contributed by atoms with van der Waals surface area (Å²) in [5, 5.41) is 7.29. The molecule has 0 spiro atoms. The third-order valence-corrected chi connectivity index (χ3v) is 14.8. The third-order valence-electron chi connectivity index (χ3n) is 14.8. The number of benzene rings is 11. The van der Waals surface area contributed by atoms with Crippen molar-refractivity contribution in [1.29, 1.82) is 0 Å². The summed E-state index contributed by atoms with van der Waals surface area (Å²) < 4.78 is 4.83. The van der Waals surface area contributed by atoms with Gasteiger partial charge in [-0.3, -0.25) is 0 Å². The minimum atomic E-state index is 0.719. The molecule has 11 aromatic carbocycles. The highest BCUT2D eigenvalue weighted by atomic mass is 15.0. The second kappa shape index (κ2) is 16.0. The maximum absolute atomic E-state index is 5.45. The lowest BCUT2D eigenvalue weighted by atomic mass is 9.98. The van der Waals surface area contributed by atoms with Gasteiger partial charge in [-0.05, 0) is 123 Å². The molecule has 0 atom stereocenters. The second-order valence-corrected chi connectivity index (χ2v) is 18.9. The van der Waals surface area contributed by atoms with E-state index in [9.17, 15) is 0 Å². The van der Waals surface area contributed by atoms with Gasteiger partial charge in [-0.25, -0.2) is 9.97 Å². The van der Waals surface area contributed by atoms with Crippen molar-refractivity contribution in [2.45, 2.75) is 0 Å². The van der Waals surface area contributed by atoms with Crippen LogP contribution in [-0.4, -0.2) is 19.1 Å². The Morgan fingerprint density at radius 3 is 1.19 bits per heavy atom. The van der Waals surface area contributed by atoms with Gasteiger partial charge in [0, 0.05) is 55.2 Å². The smallest absolute Gasteiger partial charge is 0.160 e. The van der Waals surface area contributed by atoms with E-state index in [-0.39, 0.29) is 0 Å². The molecule has 14 aromatic rings. The van der Waals surface area contributed by atoms with Crippen LogP contribution in [0.15, 0.2) is 255 Å². The highest BCUT2D eigenvalue weighted by Crippen LogP contribution is 2.51. The van der Waals surface area contributed by atoms with Crippen molar-refractivity contribution in [2.24, 2.45) is 0 Å². The van der Waals surface area contributed by atoms with Crippen molar-refractivity contribution in [3.8, 4) is 89.8 Å². The molecule has 1 aliphatic carbocycles. The Hall–Kier alpha value is -9.64. The lowest BCUT2D eigenvalue weighted by molar-refractivity contribution is 1.17. The van der Waals surface area contributed by atoms with Gasteiger partial charge in [0.15, 0.2) is 5.82 Å². The molecule has 0 aliphatic heterocycles. The summed E-state index contributed by atoms with van der Waals surface area (Å²) in [6, 6.07) is 92.4. The fourth-order valence-electron chi connectivity index (χ4n) is 11.5. The zero-order valence-corrected chi connectivity index (χ0v) is 39.0. The Labute approximate surface area is 416 Å². The standard InChI is InChI=1S/C68H42N4/c1-5-16-43(17-6-1)47-30-34-60-56(39-47)58-41-49(32-36-61(58)71(60)52-25-11-4-12-26-52)50-33-37-63-59(42-50)57-40-48(44-18-7-2-8-19-44)31-35-62(57)72(63)53-27-13-24-51(38-53)66-65-54-28-14-22-45-23-15-29-55(64(45)54)67(65)70-68(69-66)46-20-9-3-10-21-46/h1-42H. The molecule has 0 amide bonds. The predicted octanol–water partition coefficient (Wildman–Crippen LogP) is 17.8. The number of aromatic nitrogens is 4. The number of rotatable bonds is 7. The number of hydrogen-bond acceptors (Lipinski definition) is 2. The Morgan fingerprint density at radius 1 is 0.264 bits per heavy atom. The first-order valence-corrected chi connectivity index (χ1v) is 24.6. The van der Waals surface area contributed by atoms with Crippen molar-refractivity contribution in [3.63, 3.8) is 0 Å². The second-order valence-electron chi connectivity index (χ2n) is 18.9. The largest absolute Gasteiger partial charge is 0.309 e. The SMILES string of the molecule is c1ccc(-c2ccc3c(c2)c2cc(-c4ccc5c(c4)c4cc(-c6ccccc6)ccc4n5-c4cccc(-c5nc(-c6ccccc6)nc6c5-c5cccc7cccc-6c57)c4)ccc2n3-c2ccccc2)cc1. The summed E-state index contributed by atoms with van der Waals surface area (Å²) in [7, 11) is 0. The third kappa shape index (κ3) is 6.26. The molecule has 3 aromatic heterocycles. The van der Waals surface area contributed by atoms with E-state index in [1.54, 1.807) is 0 Å². The van der Waals surface area contributed by atoms with Crippen LogP contribution in [0.2, 0.25) is 0 Å². The van der Waals surface area contributed by atoms with E-state index in [0.717, 1.165) is 61.9 Å². The lowest BCUT2D eigenvalue weighted by Crippen LogP contribution is -1.99. The summed E-state index contributed by atoms with van der Waals surface area (Å²) in [6.07, 6.45) is 0. The molecule has 4 nitrogen and oxygen atoms in total. The molecule has 4 heteroatoms. The van der Waals surface area contributed by atoms with Crippen LogP contribution in [0.1, 0.15) is 0 Å². The number of nitrogens with zero attached hydrogens (tertiary/aromatic N) is 4. The first-order valence-electron chi connectivity index (χ1n) is 24.6. The van der Waals surface area contributed by atoms with E-state index in [4.69, 9.17) is 9.97 Å². The van der Waals surface area contributed by atoms with Crippen molar-refractivity contribution in [1.82, 2.24) is 19.1 Å². The first-order chi connectivity index (χ1) is 35.7. The van der Waals surface area contributed by atoms with Crippen LogP contribution in [0.5, 0.6) is 0 Å². The van der Waals surface area contributed by atoms with Crippen LogP contribution in [-0.2, 0) is 0 Å². The molecule has 0 N–H and O–H groups in total. The average molecular weight is 915 g/mol. The minimum absolute atomic E-state index is 0.719. The Bertz CT molecular complexity index is 4470. The summed E-state index contributed by atoms with van der Waals surface area (Å²) in [5.74, 6) is 0.719. The van der Waals surface area contributed by atoms with E-state index in [1.165, 1.54) is 82.3 Å². The maximum atomic E-state index is 5.45. The van der Waals surface area contributed by atoms with Crippen LogP contribution in [0.25, 0.3) is 144 Å². The van der Waals surface area contributed by atoms with Crippen molar-refractivity contribution >= 4 is 54.4 Å². The summed E-state index contributed by atoms with van der Waals surface area (Å²) >= 11 is 0. The molecule has 3 heterocycles. The van der Waals surface area contributed by atoms with Crippen molar-refractivity contribution in [2.75, 3.05) is 0 Å². The fraction of sp³-hybridized carbons (Fsp3) is 0. The van der Waals surface area contributed by atoms with Gasteiger partial charge in [-0.1, -0.05) is 182 Å². The quantitative estimate of drug-likeness (QED) is 0.160. The first kappa shape index (κ1) is 40.3. The highest BCUT2D eigenvalue weighted by molar-refractivity contribution is 6.18. The molecule has 72 heavy (non-hydrogen) atoms. The van der Waals surface area contributed by atoms with Crippen LogP contribution >= 0.6 is 0 Å². The van der Waals surface area contributed by atoms with E-state index < -0.39 is 0 Å². The molecule has 0 bridgehead atoms. The van der Waals surface area contributed by atoms with Gasteiger partial charge in [-0.15, -0.1) is 0 Å².